The molecule has 0 aliphatic rings. The highest BCUT2D eigenvalue weighted by Gasteiger charge is 2.03. The molecule has 0 aliphatic heterocycles. The molecular weight excluding hydrogens is 200 g/mol. The molecule has 0 unspecified atom stereocenters. The molecule has 0 aromatic carbocycles. The minimum absolute atomic E-state index is 0.812. The highest BCUT2D eigenvalue weighted by Crippen LogP contribution is 2.04. The van der Waals surface area contributed by atoms with Crippen LogP contribution in [0, 0.1) is 5.92 Å². The fourth-order valence-electron chi connectivity index (χ4n) is 1.82. The van der Waals surface area contributed by atoms with Crippen LogP contribution in [0.2, 0.25) is 0 Å². The second-order valence-electron chi connectivity index (χ2n) is 4.18. The molecule has 0 aliphatic carbocycles. The van der Waals surface area contributed by atoms with Crippen LogP contribution in [0.3, 0.4) is 0 Å². The van der Waals surface area contributed by atoms with E-state index in [1.54, 1.807) is 0 Å². The van der Waals surface area contributed by atoms with E-state index in [1.165, 1.54) is 12.8 Å². The molecule has 0 radical (unpaired) electrons. The zero-order valence-corrected chi connectivity index (χ0v) is 10.7. The highest BCUT2D eigenvalue weighted by atomic mass is 15.3. The highest BCUT2D eigenvalue weighted by molar-refractivity contribution is 4.84. The van der Waals surface area contributed by atoms with E-state index in [2.05, 4.69) is 40.9 Å². The maximum atomic E-state index is 4.07. The molecule has 16 heavy (non-hydrogen) atoms. The van der Waals surface area contributed by atoms with Gasteiger partial charge in [0.25, 0.3) is 0 Å². The Bertz CT molecular complexity index is 278. The average Bonchev–Trinajstić information content (AvgIpc) is 2.77. The van der Waals surface area contributed by atoms with Crippen LogP contribution in [-0.2, 0) is 13.0 Å². The third kappa shape index (κ3) is 3.93. The van der Waals surface area contributed by atoms with Crippen LogP contribution in [0.5, 0.6) is 0 Å². The van der Waals surface area contributed by atoms with Crippen LogP contribution in [0.4, 0.5) is 0 Å². The molecule has 1 aromatic heterocycles. The third-order valence-corrected chi connectivity index (χ3v) is 3.13. The minimum atomic E-state index is 0.812. The van der Waals surface area contributed by atoms with Crippen molar-refractivity contribution in [1.82, 2.24) is 20.1 Å². The fraction of sp³-hybridized carbons (Fsp3) is 0.833. The number of hydrogen-bond donors (Lipinski definition) is 1. The maximum Gasteiger partial charge on any atom is 0.132 e. The van der Waals surface area contributed by atoms with Crippen LogP contribution in [0.25, 0.3) is 0 Å². The van der Waals surface area contributed by atoms with Gasteiger partial charge in [-0.2, -0.15) is 0 Å². The summed E-state index contributed by atoms with van der Waals surface area (Å²) in [7, 11) is 0. The van der Waals surface area contributed by atoms with E-state index >= 15 is 0 Å². The average molecular weight is 224 g/mol. The van der Waals surface area contributed by atoms with Crippen LogP contribution < -0.4 is 5.32 Å². The van der Waals surface area contributed by atoms with Gasteiger partial charge in [0, 0.05) is 19.5 Å². The van der Waals surface area contributed by atoms with Gasteiger partial charge in [0.1, 0.15) is 12.2 Å². The molecule has 0 atom stereocenters. The predicted octanol–water partition coefficient (Wildman–Crippen LogP) is 1.87. The number of nitrogens with zero attached hydrogens (tertiary/aromatic N) is 3. The van der Waals surface area contributed by atoms with Crippen molar-refractivity contribution in [2.75, 3.05) is 13.1 Å². The molecule has 1 aromatic rings. The normalized spacial score (nSPS) is 11.2. The van der Waals surface area contributed by atoms with Crippen molar-refractivity contribution < 1.29 is 0 Å². The van der Waals surface area contributed by atoms with E-state index in [-0.39, 0.29) is 0 Å². The first-order valence-electron chi connectivity index (χ1n) is 6.39. The van der Waals surface area contributed by atoms with Crippen LogP contribution in [0.15, 0.2) is 6.33 Å². The first kappa shape index (κ1) is 13.2. The topological polar surface area (TPSA) is 42.7 Å². The zero-order chi connectivity index (χ0) is 11.8. The van der Waals surface area contributed by atoms with Crippen molar-refractivity contribution in [3.63, 3.8) is 0 Å². The van der Waals surface area contributed by atoms with E-state index < -0.39 is 0 Å². The van der Waals surface area contributed by atoms with Crippen molar-refractivity contribution >= 4 is 0 Å². The van der Waals surface area contributed by atoms with Crippen molar-refractivity contribution in [1.29, 1.82) is 0 Å². The summed E-state index contributed by atoms with van der Waals surface area (Å²) in [6, 6.07) is 0. The Labute approximate surface area is 98.5 Å². The lowest BCUT2D eigenvalue weighted by Gasteiger charge is -2.13. The van der Waals surface area contributed by atoms with Crippen LogP contribution in [-0.4, -0.2) is 27.9 Å². The van der Waals surface area contributed by atoms with E-state index in [9.17, 15) is 0 Å². The van der Waals surface area contributed by atoms with Gasteiger partial charge in [-0.25, -0.2) is 0 Å². The first-order valence-corrected chi connectivity index (χ1v) is 6.39. The molecule has 1 rings (SSSR count). The molecule has 1 N–H and O–H groups in total. The molecule has 4 heteroatoms. The minimum Gasteiger partial charge on any atom is -0.316 e. The maximum absolute atomic E-state index is 4.07. The van der Waals surface area contributed by atoms with E-state index in [0.717, 1.165) is 37.8 Å². The van der Waals surface area contributed by atoms with Crippen LogP contribution in [0.1, 0.15) is 39.4 Å². The zero-order valence-electron chi connectivity index (χ0n) is 10.7. The fourth-order valence-corrected chi connectivity index (χ4v) is 1.82. The van der Waals surface area contributed by atoms with Gasteiger partial charge < -0.3 is 9.88 Å². The molecule has 4 nitrogen and oxygen atoms in total. The molecule has 0 fully saturated rings. The molecule has 0 saturated carbocycles. The van der Waals surface area contributed by atoms with Crippen molar-refractivity contribution in [2.45, 2.75) is 46.6 Å². The van der Waals surface area contributed by atoms with Gasteiger partial charge >= 0.3 is 0 Å². The third-order valence-electron chi connectivity index (χ3n) is 3.13. The van der Waals surface area contributed by atoms with Gasteiger partial charge in [0.15, 0.2) is 0 Å². The monoisotopic (exact) mass is 224 g/mol. The van der Waals surface area contributed by atoms with E-state index in [1.807, 2.05) is 6.33 Å². The van der Waals surface area contributed by atoms with Gasteiger partial charge in [-0.05, 0) is 12.5 Å². The Balaban J connectivity index is 2.20. The molecule has 0 amide bonds. The molecule has 92 valence electrons. The first-order chi connectivity index (χ1) is 7.81. The molecule has 0 saturated heterocycles. The number of hydrogen-bond acceptors (Lipinski definition) is 3. The molecule has 1 heterocycles. The molecule has 0 spiro atoms. The largest absolute Gasteiger partial charge is 0.316 e. The van der Waals surface area contributed by atoms with Gasteiger partial charge in [0.2, 0.25) is 0 Å². The van der Waals surface area contributed by atoms with Crippen molar-refractivity contribution in [3.05, 3.63) is 12.2 Å². The Morgan fingerprint density at radius 1 is 1.31 bits per heavy atom. The summed E-state index contributed by atoms with van der Waals surface area (Å²) in [5.74, 6) is 1.89. The number of nitrogens with one attached hydrogen (secondary N) is 1. The second-order valence-corrected chi connectivity index (χ2v) is 4.18. The summed E-state index contributed by atoms with van der Waals surface area (Å²) < 4.78 is 2.12. The van der Waals surface area contributed by atoms with Gasteiger partial charge in [-0.3, -0.25) is 0 Å². The van der Waals surface area contributed by atoms with E-state index in [4.69, 9.17) is 0 Å². The summed E-state index contributed by atoms with van der Waals surface area (Å²) in [6.07, 6.45) is 5.29. The Morgan fingerprint density at radius 2 is 2.06 bits per heavy atom. The van der Waals surface area contributed by atoms with Crippen molar-refractivity contribution in [3.8, 4) is 0 Å². The van der Waals surface area contributed by atoms with Gasteiger partial charge in [-0.1, -0.05) is 33.6 Å². The van der Waals surface area contributed by atoms with Gasteiger partial charge in [0.05, 0.1) is 0 Å². The quantitative estimate of drug-likeness (QED) is 0.685. The predicted molar refractivity (Wildman–Crippen MR) is 66.3 cm³/mol. The lowest BCUT2D eigenvalue weighted by molar-refractivity contribution is 0.440. The second kappa shape index (κ2) is 7.39. The molecule has 0 bridgehead atoms. The lowest BCUT2D eigenvalue weighted by Crippen LogP contribution is -2.26. The van der Waals surface area contributed by atoms with Crippen molar-refractivity contribution in [2.24, 2.45) is 5.92 Å². The summed E-state index contributed by atoms with van der Waals surface area (Å²) in [5.41, 5.74) is 0. The van der Waals surface area contributed by atoms with E-state index in [0.29, 0.717) is 0 Å². The summed E-state index contributed by atoms with van der Waals surface area (Å²) in [4.78, 5) is 0. The number of aromatic nitrogens is 3. The number of rotatable bonds is 8. The summed E-state index contributed by atoms with van der Waals surface area (Å²) in [6.45, 7) is 9.71. The van der Waals surface area contributed by atoms with Crippen LogP contribution >= 0.6 is 0 Å². The Kier molecular flexibility index (Phi) is 6.08. The Hall–Kier alpha value is -0.900. The SMILES string of the molecule is CCc1nncn1CCNCC(CC)CC. The van der Waals surface area contributed by atoms with Gasteiger partial charge in [-0.15, -0.1) is 10.2 Å². The summed E-state index contributed by atoms with van der Waals surface area (Å²) in [5, 5.41) is 11.5. The Morgan fingerprint density at radius 3 is 2.69 bits per heavy atom. The smallest absolute Gasteiger partial charge is 0.132 e. The summed E-state index contributed by atoms with van der Waals surface area (Å²) >= 11 is 0. The lowest BCUT2D eigenvalue weighted by atomic mass is 10.0. The standard InChI is InChI=1S/C12H24N4/c1-4-11(5-2)9-13-7-8-16-10-14-15-12(16)6-3/h10-11,13H,4-9H2,1-3H3. The number of aryl methyl sites for hydroxylation is 1. The molecular formula is C12H24N4.